The highest BCUT2D eigenvalue weighted by atomic mass is 32.7. The standard InChI is InChI=1S/C43H49N2O11PS2/c1-18-12-10-13-19(2)42(52)45-33-37(50)29-28(32-40(33)58-26-14-11-15-27(59-57)31(26)44-32)30-39(23(6)36(29)49)56-43(8,41(30)51)54-17-16-25(53-9)20(3)38(55-24(7)46)22(5)35(48)21(4)34(18)47/h10-18,20-22,25,34-35,38,47-48,50H,57H2,1-9H3,(H,45,52)/b12-10+,17-16+,19-13-. The van der Waals surface area contributed by atoms with E-state index in [1.54, 1.807) is 52.8 Å². The Bertz CT molecular complexity index is 2520. The maximum absolute atomic E-state index is 14.7. The Labute approximate surface area is 351 Å². The van der Waals surface area contributed by atoms with Gasteiger partial charge in [0.1, 0.15) is 17.5 Å². The van der Waals surface area contributed by atoms with Gasteiger partial charge in [0.25, 0.3) is 11.7 Å². The minimum Gasteiger partial charge on any atom is -0.505 e. The monoisotopic (exact) mass is 864 g/mol. The van der Waals surface area contributed by atoms with E-state index < -0.39 is 82.7 Å². The van der Waals surface area contributed by atoms with Crippen LogP contribution in [0.5, 0.6) is 11.5 Å². The summed E-state index contributed by atoms with van der Waals surface area (Å²) in [5, 5.41) is 37.6. The van der Waals surface area contributed by atoms with Gasteiger partial charge in [-0.05, 0) is 32.1 Å². The average molecular weight is 865 g/mol. The van der Waals surface area contributed by atoms with Crippen LogP contribution in [-0.2, 0) is 23.8 Å². The first-order valence-corrected chi connectivity index (χ1v) is 22.2. The molecule has 10 atom stereocenters. The van der Waals surface area contributed by atoms with Crippen molar-refractivity contribution in [1.82, 2.24) is 4.98 Å². The van der Waals surface area contributed by atoms with E-state index in [0.717, 1.165) is 4.90 Å². The van der Waals surface area contributed by atoms with Gasteiger partial charge in [-0.1, -0.05) is 60.4 Å². The second-order valence-electron chi connectivity index (χ2n) is 15.4. The van der Waals surface area contributed by atoms with Gasteiger partial charge in [0, 0.05) is 66.0 Å². The van der Waals surface area contributed by atoms with Crippen molar-refractivity contribution in [3.8, 4) is 11.5 Å². The van der Waals surface area contributed by atoms with Gasteiger partial charge in [0.2, 0.25) is 0 Å². The zero-order chi connectivity index (χ0) is 43.2. The van der Waals surface area contributed by atoms with Crippen molar-refractivity contribution in [3.05, 3.63) is 75.7 Å². The molecule has 3 heterocycles. The van der Waals surface area contributed by atoms with Crippen molar-refractivity contribution in [3.63, 3.8) is 0 Å². The van der Waals surface area contributed by atoms with Crippen LogP contribution in [0.25, 0.3) is 31.2 Å². The number of allylic oxidation sites excluding steroid dienone is 2. The van der Waals surface area contributed by atoms with Crippen LogP contribution >= 0.6 is 31.2 Å². The third kappa shape index (κ3) is 8.01. The number of nitrogens with one attached hydrogen (secondary N) is 1. The molecule has 1 amide bonds. The number of benzene rings is 3. The van der Waals surface area contributed by atoms with Gasteiger partial charge in [-0.2, -0.15) is 0 Å². The number of para-hydroxylation sites is 1. The van der Waals surface area contributed by atoms with Crippen molar-refractivity contribution in [1.29, 1.82) is 0 Å². The number of anilines is 1. The second kappa shape index (κ2) is 17.3. The highest BCUT2D eigenvalue weighted by molar-refractivity contribution is 8.44. The van der Waals surface area contributed by atoms with Crippen molar-refractivity contribution >= 4 is 85.7 Å². The van der Waals surface area contributed by atoms with Crippen molar-refractivity contribution in [2.75, 3.05) is 12.4 Å². The van der Waals surface area contributed by atoms with Gasteiger partial charge in [0.05, 0.1) is 56.0 Å². The third-order valence-corrected chi connectivity index (χ3v) is 13.9. The molecule has 0 fully saturated rings. The molecule has 2 aliphatic rings. The molecule has 16 heteroatoms. The lowest BCUT2D eigenvalue weighted by Gasteiger charge is -2.38. The Balaban J connectivity index is 1.60. The maximum Gasteiger partial charge on any atom is 0.312 e. The average Bonchev–Trinajstić information content (AvgIpc) is 3.47. The number of methoxy groups -OCH3 is 1. The number of hydrogen-bond donors (Lipinski definition) is 4. The predicted molar refractivity (Wildman–Crippen MR) is 233 cm³/mol. The summed E-state index contributed by atoms with van der Waals surface area (Å²) in [7, 11) is 4.05. The Kier molecular flexibility index (Phi) is 13.0. The zero-order valence-electron chi connectivity index (χ0n) is 34.2. The molecule has 4 N–H and O–H groups in total. The van der Waals surface area contributed by atoms with Gasteiger partial charge in [0.15, 0.2) is 11.2 Å². The van der Waals surface area contributed by atoms with Gasteiger partial charge < -0.3 is 39.6 Å². The van der Waals surface area contributed by atoms with E-state index >= 15 is 0 Å². The van der Waals surface area contributed by atoms with Gasteiger partial charge in [-0.25, -0.2) is 4.98 Å². The van der Waals surface area contributed by atoms with E-state index in [9.17, 15) is 34.5 Å². The quantitative estimate of drug-likeness (QED) is 0.0526. The highest BCUT2D eigenvalue weighted by Gasteiger charge is 2.49. The van der Waals surface area contributed by atoms with Crippen LogP contribution in [0.2, 0.25) is 0 Å². The summed E-state index contributed by atoms with van der Waals surface area (Å²) in [6.07, 6.45) is 3.82. The Morgan fingerprint density at radius 2 is 1.73 bits per heavy atom. The molecule has 4 bridgehead atoms. The fraction of sp³-hybridized carbons (Fsp3) is 0.419. The van der Waals surface area contributed by atoms with Gasteiger partial charge in [-0.3, -0.25) is 19.2 Å². The largest absolute Gasteiger partial charge is 0.505 e. The number of phenolic OH excluding ortho intramolecular Hbond substituents is 1. The van der Waals surface area contributed by atoms with E-state index in [2.05, 4.69) is 13.8 Å². The summed E-state index contributed by atoms with van der Waals surface area (Å²) < 4.78 is 24.9. The summed E-state index contributed by atoms with van der Waals surface area (Å²) in [6.45, 7) is 12.7. The first kappa shape index (κ1) is 44.2. The Morgan fingerprint density at radius 1 is 1.02 bits per heavy atom. The number of esters is 1. The van der Waals surface area contributed by atoms with E-state index in [4.69, 9.17) is 23.9 Å². The molecule has 0 radical (unpaired) electrons. The molecule has 2 aliphatic heterocycles. The molecule has 3 aromatic carbocycles. The number of rotatable bonds is 3. The minimum absolute atomic E-state index is 0.0169. The summed E-state index contributed by atoms with van der Waals surface area (Å²) in [4.78, 5) is 61.0. The Hall–Kier alpha value is -4.37. The number of Topliss-reactive ketones (excluding diaryl/α,β-unsaturated/α-hetero) is 1. The van der Waals surface area contributed by atoms with E-state index in [-0.39, 0.29) is 44.4 Å². The molecule has 10 unspecified atom stereocenters. The first-order valence-electron chi connectivity index (χ1n) is 19.1. The molecule has 6 rings (SSSR count). The van der Waals surface area contributed by atoms with Crippen LogP contribution in [0.4, 0.5) is 5.69 Å². The number of amides is 1. The lowest BCUT2D eigenvalue weighted by atomic mass is 9.78. The third-order valence-electron chi connectivity index (χ3n) is 11.5. The molecule has 1 aromatic heterocycles. The van der Waals surface area contributed by atoms with Crippen LogP contribution in [0, 0.1) is 30.6 Å². The summed E-state index contributed by atoms with van der Waals surface area (Å²) in [5.41, 5.74) is 0.336. The fourth-order valence-electron chi connectivity index (χ4n) is 7.90. The number of phenols is 1. The number of nitrogens with zero attached hydrogens (tertiary/aromatic N) is 1. The first-order chi connectivity index (χ1) is 27.9. The SMILES string of the molecule is COC1/C=C/OC2(C)Oc3c(C)c(=O)c4c(O)c(c5sc6cccc(SP)c6nc5c4c3C2=O)NC(=O)/C(C)=C\C=C\C(C)C(O)C(C)C(O)C(C)C(OC(C)=O)C1C. The van der Waals surface area contributed by atoms with Crippen molar-refractivity contribution < 1.29 is 48.7 Å². The molecular weight excluding hydrogens is 816 g/mol. The predicted octanol–water partition coefficient (Wildman–Crippen LogP) is 7.35. The van der Waals surface area contributed by atoms with Gasteiger partial charge in [-0.15, -0.1) is 22.7 Å². The van der Waals surface area contributed by atoms with E-state index in [0.29, 0.717) is 14.9 Å². The molecule has 13 nitrogen and oxygen atoms in total. The zero-order valence-corrected chi connectivity index (χ0v) is 37.0. The number of hydrogen-bond acceptors (Lipinski definition) is 14. The highest BCUT2D eigenvalue weighted by Crippen LogP contribution is 2.50. The number of aromatic nitrogens is 1. The number of carbonyl (C=O) groups excluding carboxylic acids is 3. The molecule has 0 aliphatic carbocycles. The Morgan fingerprint density at radius 3 is 2.39 bits per heavy atom. The van der Waals surface area contributed by atoms with E-state index in [1.165, 1.54) is 62.9 Å². The van der Waals surface area contributed by atoms with Crippen molar-refractivity contribution in [2.24, 2.45) is 23.7 Å². The molecule has 0 saturated heterocycles. The molecular formula is C43H49N2O11PS2. The molecule has 314 valence electrons. The number of aliphatic hydroxyl groups excluding tert-OH is 2. The van der Waals surface area contributed by atoms with Crippen LogP contribution in [0.15, 0.2) is 64.0 Å². The number of ether oxygens (including phenoxy) is 4. The number of fused-ring (bicyclic) bond motifs is 2. The van der Waals surface area contributed by atoms with Gasteiger partial charge >= 0.3 is 11.8 Å². The van der Waals surface area contributed by atoms with Crippen molar-refractivity contribution in [2.45, 2.75) is 90.5 Å². The summed E-state index contributed by atoms with van der Waals surface area (Å²) in [6, 6.07) is 5.59. The maximum atomic E-state index is 14.7. The lowest BCUT2D eigenvalue weighted by Crippen LogP contribution is -2.46. The minimum atomic E-state index is -1.99. The van der Waals surface area contributed by atoms with Crippen LogP contribution in [0.1, 0.15) is 64.4 Å². The molecule has 0 spiro atoms. The number of aliphatic hydroxyl groups is 2. The summed E-state index contributed by atoms with van der Waals surface area (Å²) >= 11 is 2.61. The fourth-order valence-corrected chi connectivity index (χ4v) is 10.1. The number of aromatic hydroxyl groups is 1. The normalized spacial score (nSPS) is 30.1. The topological polar surface area (TPSA) is 191 Å². The number of ketones is 1. The summed E-state index contributed by atoms with van der Waals surface area (Å²) in [5.74, 6) is -6.79. The van der Waals surface area contributed by atoms with E-state index in [1.807, 2.05) is 18.2 Å². The number of carbonyl (C=O) groups is 3. The van der Waals surface area contributed by atoms with Crippen LogP contribution < -0.4 is 15.5 Å². The molecule has 59 heavy (non-hydrogen) atoms. The van der Waals surface area contributed by atoms with Crippen LogP contribution in [0.3, 0.4) is 0 Å². The molecule has 4 aromatic rings. The smallest absolute Gasteiger partial charge is 0.312 e. The lowest BCUT2D eigenvalue weighted by molar-refractivity contribution is -0.160. The second-order valence-corrected chi connectivity index (χ2v) is 17.9. The van der Waals surface area contributed by atoms with Crippen LogP contribution in [-0.4, -0.2) is 75.3 Å². The molecule has 0 saturated carbocycles.